The van der Waals surface area contributed by atoms with Gasteiger partial charge in [-0.1, -0.05) is 19.4 Å². The van der Waals surface area contributed by atoms with Crippen molar-refractivity contribution < 1.29 is 13.9 Å². The van der Waals surface area contributed by atoms with Crippen LogP contribution in [-0.4, -0.2) is 12.6 Å². The maximum absolute atomic E-state index is 11.1. The van der Waals surface area contributed by atoms with Crippen LogP contribution < -0.4 is 0 Å². The molecule has 1 rings (SSSR count). The van der Waals surface area contributed by atoms with E-state index in [1.165, 1.54) is 6.08 Å². The molecule has 3 heteroatoms. The molecule has 0 saturated carbocycles. The first-order chi connectivity index (χ1) is 7.33. The van der Waals surface area contributed by atoms with E-state index < -0.39 is 0 Å². The fourth-order valence-electron chi connectivity index (χ4n) is 1.07. The monoisotopic (exact) mass is 208 g/mol. The van der Waals surface area contributed by atoms with Crippen molar-refractivity contribution in [2.75, 3.05) is 6.61 Å². The fourth-order valence-corrected chi connectivity index (χ4v) is 1.07. The Balaban J connectivity index is 2.17. The Morgan fingerprint density at radius 1 is 1.60 bits per heavy atom. The van der Waals surface area contributed by atoms with Gasteiger partial charge in [-0.15, -0.1) is 0 Å². The van der Waals surface area contributed by atoms with E-state index in [9.17, 15) is 4.79 Å². The number of carbonyl (C=O) groups is 1. The number of allylic oxidation sites excluding steroid dienone is 1. The highest BCUT2D eigenvalue weighted by molar-refractivity contribution is 5.81. The molecule has 1 aromatic heterocycles. The topological polar surface area (TPSA) is 39.4 Å². The smallest absolute Gasteiger partial charge is 0.330 e. The Morgan fingerprint density at radius 2 is 2.47 bits per heavy atom. The molecule has 0 aliphatic carbocycles. The summed E-state index contributed by atoms with van der Waals surface area (Å²) in [5, 5.41) is 0. The molecule has 0 aliphatic heterocycles. The molecule has 1 aromatic rings. The van der Waals surface area contributed by atoms with Gasteiger partial charge in [-0.3, -0.25) is 0 Å². The van der Waals surface area contributed by atoms with Crippen molar-refractivity contribution in [3.8, 4) is 0 Å². The molecule has 82 valence electrons. The third-order valence-corrected chi connectivity index (χ3v) is 1.90. The summed E-state index contributed by atoms with van der Waals surface area (Å²) in [6.45, 7) is 2.56. The van der Waals surface area contributed by atoms with Crippen LogP contribution in [0, 0.1) is 0 Å². The number of rotatable bonds is 6. The van der Waals surface area contributed by atoms with E-state index in [4.69, 9.17) is 9.15 Å². The molecule has 0 aromatic carbocycles. The molecule has 0 spiro atoms. The Labute approximate surface area is 89.7 Å². The van der Waals surface area contributed by atoms with Crippen LogP contribution >= 0.6 is 0 Å². The van der Waals surface area contributed by atoms with E-state index in [0.717, 1.165) is 18.6 Å². The van der Waals surface area contributed by atoms with Crippen molar-refractivity contribution in [3.05, 3.63) is 36.3 Å². The summed E-state index contributed by atoms with van der Waals surface area (Å²) < 4.78 is 10.1. The van der Waals surface area contributed by atoms with Gasteiger partial charge in [-0.05, 0) is 18.6 Å². The maximum Gasteiger partial charge on any atom is 0.330 e. The van der Waals surface area contributed by atoms with Crippen molar-refractivity contribution in [1.82, 2.24) is 0 Å². The van der Waals surface area contributed by atoms with E-state index in [1.54, 1.807) is 12.3 Å². The lowest BCUT2D eigenvalue weighted by Crippen LogP contribution is -2.01. The summed E-state index contributed by atoms with van der Waals surface area (Å²) in [5.41, 5.74) is 0. The van der Waals surface area contributed by atoms with Gasteiger partial charge in [0, 0.05) is 12.5 Å². The van der Waals surface area contributed by atoms with Gasteiger partial charge in [0.15, 0.2) is 0 Å². The van der Waals surface area contributed by atoms with Crippen molar-refractivity contribution in [2.24, 2.45) is 0 Å². The third kappa shape index (κ3) is 5.05. The van der Waals surface area contributed by atoms with Crippen molar-refractivity contribution in [2.45, 2.75) is 26.2 Å². The van der Waals surface area contributed by atoms with Gasteiger partial charge >= 0.3 is 5.97 Å². The minimum absolute atomic E-state index is 0.282. The molecule has 3 nitrogen and oxygen atoms in total. The molecule has 0 aliphatic rings. The summed E-state index contributed by atoms with van der Waals surface area (Å²) in [6, 6.07) is 3.69. The number of ether oxygens (including phenoxy) is 1. The fraction of sp³-hybridized carbons (Fsp3) is 0.417. The number of furan rings is 1. The summed E-state index contributed by atoms with van der Waals surface area (Å²) in [5.74, 6) is 0.558. The zero-order chi connectivity index (χ0) is 10.9. The number of carbonyl (C=O) groups excluding carboxylic acids is 1. The highest BCUT2D eigenvalue weighted by Gasteiger charge is 1.96. The predicted molar refractivity (Wildman–Crippen MR) is 57.4 cm³/mol. The predicted octanol–water partition coefficient (Wildman–Crippen LogP) is 2.72. The Kier molecular flexibility index (Phi) is 5.30. The number of unbranched alkanes of at least 4 members (excludes halogenated alkanes) is 1. The number of hydrogen-bond donors (Lipinski definition) is 0. The Hall–Kier alpha value is -1.51. The minimum Gasteiger partial charge on any atom is -0.469 e. The third-order valence-electron chi connectivity index (χ3n) is 1.90. The van der Waals surface area contributed by atoms with Crippen LogP contribution in [0.2, 0.25) is 0 Å². The summed E-state index contributed by atoms with van der Waals surface area (Å²) >= 11 is 0. The minimum atomic E-state index is -0.282. The van der Waals surface area contributed by atoms with Crippen molar-refractivity contribution in [1.29, 1.82) is 0 Å². The Morgan fingerprint density at radius 3 is 3.13 bits per heavy atom. The second-order valence-electron chi connectivity index (χ2n) is 3.21. The molecule has 0 amide bonds. The highest BCUT2D eigenvalue weighted by Crippen LogP contribution is 2.01. The summed E-state index contributed by atoms with van der Waals surface area (Å²) in [6.07, 6.45) is 7.37. The molecular formula is C12H16O3. The van der Waals surface area contributed by atoms with Gasteiger partial charge in [0.25, 0.3) is 0 Å². The molecule has 0 atom stereocenters. The van der Waals surface area contributed by atoms with Crippen LogP contribution in [0.1, 0.15) is 25.5 Å². The summed E-state index contributed by atoms with van der Waals surface area (Å²) in [7, 11) is 0. The molecule has 0 radical (unpaired) electrons. The van der Waals surface area contributed by atoms with E-state index in [1.807, 2.05) is 12.1 Å². The Bertz CT molecular complexity index is 299. The van der Waals surface area contributed by atoms with Gasteiger partial charge in [0.1, 0.15) is 5.76 Å². The lowest BCUT2D eigenvalue weighted by Gasteiger charge is -1.98. The normalized spacial score (nSPS) is 10.7. The van der Waals surface area contributed by atoms with Crippen LogP contribution in [0.4, 0.5) is 0 Å². The van der Waals surface area contributed by atoms with Crippen LogP contribution in [0.3, 0.4) is 0 Å². The molecule has 0 unspecified atom stereocenters. The average Bonchev–Trinajstić information content (AvgIpc) is 2.71. The molecule has 1 heterocycles. The van der Waals surface area contributed by atoms with E-state index in [0.29, 0.717) is 13.0 Å². The molecule has 0 N–H and O–H groups in total. The van der Waals surface area contributed by atoms with E-state index in [2.05, 4.69) is 6.92 Å². The van der Waals surface area contributed by atoms with E-state index in [-0.39, 0.29) is 5.97 Å². The second-order valence-corrected chi connectivity index (χ2v) is 3.21. The number of esters is 1. The van der Waals surface area contributed by atoms with Crippen LogP contribution in [0.25, 0.3) is 0 Å². The zero-order valence-electron chi connectivity index (χ0n) is 8.94. The van der Waals surface area contributed by atoms with Gasteiger partial charge in [0.2, 0.25) is 0 Å². The second kappa shape index (κ2) is 6.87. The molecule has 0 bridgehead atoms. The van der Waals surface area contributed by atoms with Gasteiger partial charge < -0.3 is 9.15 Å². The van der Waals surface area contributed by atoms with Gasteiger partial charge in [-0.2, -0.15) is 0 Å². The molecule has 15 heavy (non-hydrogen) atoms. The first-order valence-corrected chi connectivity index (χ1v) is 5.18. The average molecular weight is 208 g/mol. The zero-order valence-corrected chi connectivity index (χ0v) is 8.94. The summed E-state index contributed by atoms with van der Waals surface area (Å²) in [4.78, 5) is 11.1. The molecule has 0 fully saturated rings. The molecule has 0 saturated heterocycles. The van der Waals surface area contributed by atoms with Crippen LogP contribution in [0.15, 0.2) is 35.0 Å². The van der Waals surface area contributed by atoms with Crippen LogP contribution in [0.5, 0.6) is 0 Å². The highest BCUT2D eigenvalue weighted by atomic mass is 16.5. The lowest BCUT2D eigenvalue weighted by atomic mass is 10.3. The van der Waals surface area contributed by atoms with Crippen molar-refractivity contribution >= 4 is 5.97 Å². The molecular weight excluding hydrogens is 192 g/mol. The first kappa shape index (κ1) is 11.6. The van der Waals surface area contributed by atoms with Gasteiger partial charge in [-0.25, -0.2) is 4.79 Å². The van der Waals surface area contributed by atoms with Crippen molar-refractivity contribution in [3.63, 3.8) is 0 Å². The first-order valence-electron chi connectivity index (χ1n) is 5.18. The van der Waals surface area contributed by atoms with Gasteiger partial charge in [0.05, 0.1) is 12.9 Å². The lowest BCUT2D eigenvalue weighted by molar-refractivity contribution is -0.137. The largest absolute Gasteiger partial charge is 0.469 e. The quantitative estimate of drug-likeness (QED) is 0.410. The number of hydrogen-bond acceptors (Lipinski definition) is 3. The SMILES string of the molecule is CCCCOC(=O)/C=C/Cc1ccco1. The van der Waals surface area contributed by atoms with Crippen LogP contribution in [-0.2, 0) is 16.0 Å². The maximum atomic E-state index is 11.1. The standard InChI is InChI=1S/C12H16O3/c1-2-3-9-15-12(13)8-4-6-11-7-5-10-14-11/h4-5,7-8,10H,2-3,6,9H2,1H3/b8-4+. The van der Waals surface area contributed by atoms with E-state index >= 15 is 0 Å².